The third-order valence-electron chi connectivity index (χ3n) is 4.90. The van der Waals surface area contributed by atoms with Crippen LogP contribution in [-0.2, 0) is 13.2 Å². The Labute approximate surface area is 154 Å². The van der Waals surface area contributed by atoms with Gasteiger partial charge in [0, 0.05) is 12.6 Å². The molecule has 0 radical (unpaired) electrons. The Morgan fingerprint density at radius 3 is 2.62 bits per heavy atom. The third-order valence-corrected chi connectivity index (χ3v) is 4.90. The number of likely N-dealkylation sites (tertiary alicyclic amines) is 1. The lowest BCUT2D eigenvalue weighted by Gasteiger charge is -2.22. The molecule has 4 nitrogen and oxygen atoms in total. The van der Waals surface area contributed by atoms with Gasteiger partial charge in [0.15, 0.2) is 5.76 Å². The zero-order valence-corrected chi connectivity index (χ0v) is 15.1. The molecule has 1 fully saturated rings. The monoisotopic (exact) mass is 348 g/mol. The summed E-state index contributed by atoms with van der Waals surface area (Å²) >= 11 is 0. The van der Waals surface area contributed by atoms with Crippen molar-refractivity contribution in [1.29, 1.82) is 0 Å². The highest BCUT2D eigenvalue weighted by atomic mass is 16.5. The first-order valence-corrected chi connectivity index (χ1v) is 9.21. The molecule has 26 heavy (non-hydrogen) atoms. The minimum atomic E-state index is 0.338. The van der Waals surface area contributed by atoms with E-state index < -0.39 is 0 Å². The maximum Gasteiger partial charge on any atom is 0.154 e. The van der Waals surface area contributed by atoms with Gasteiger partial charge >= 0.3 is 0 Å². The van der Waals surface area contributed by atoms with Crippen LogP contribution in [0.15, 0.2) is 65.2 Å². The number of rotatable bonds is 6. The second-order valence-electron chi connectivity index (χ2n) is 6.92. The first-order chi connectivity index (χ1) is 12.8. The van der Waals surface area contributed by atoms with Crippen LogP contribution in [0.2, 0.25) is 0 Å². The Bertz CT molecular complexity index is 827. The van der Waals surface area contributed by atoms with Crippen LogP contribution in [0.4, 0.5) is 0 Å². The van der Waals surface area contributed by atoms with Crippen molar-refractivity contribution < 1.29 is 9.26 Å². The number of hydrogen-bond acceptors (Lipinski definition) is 4. The number of hydrogen-bond donors (Lipinski definition) is 0. The van der Waals surface area contributed by atoms with Crippen LogP contribution in [-0.4, -0.2) is 16.6 Å². The molecule has 3 aromatic rings. The zero-order valence-electron chi connectivity index (χ0n) is 15.1. The summed E-state index contributed by atoms with van der Waals surface area (Å²) in [4.78, 5) is 2.47. The Hall–Kier alpha value is -2.59. The van der Waals surface area contributed by atoms with E-state index in [0.29, 0.717) is 12.6 Å². The number of ether oxygens (including phenoxy) is 1. The van der Waals surface area contributed by atoms with E-state index in [4.69, 9.17) is 9.26 Å². The van der Waals surface area contributed by atoms with Crippen molar-refractivity contribution >= 4 is 0 Å². The highest BCUT2D eigenvalue weighted by Crippen LogP contribution is 2.33. The van der Waals surface area contributed by atoms with E-state index >= 15 is 0 Å². The van der Waals surface area contributed by atoms with Gasteiger partial charge in [-0.25, -0.2) is 0 Å². The minimum Gasteiger partial charge on any atom is -0.489 e. The summed E-state index contributed by atoms with van der Waals surface area (Å²) in [6.45, 7) is 4.58. The molecule has 134 valence electrons. The topological polar surface area (TPSA) is 38.5 Å². The van der Waals surface area contributed by atoms with Crippen LogP contribution in [0, 0.1) is 6.92 Å². The van der Waals surface area contributed by atoms with Gasteiger partial charge in [0.25, 0.3) is 0 Å². The van der Waals surface area contributed by atoms with E-state index in [1.165, 1.54) is 17.5 Å². The number of aryl methyl sites for hydroxylation is 1. The predicted molar refractivity (Wildman–Crippen MR) is 101 cm³/mol. The van der Waals surface area contributed by atoms with Crippen LogP contribution in [0.25, 0.3) is 0 Å². The van der Waals surface area contributed by atoms with Crippen molar-refractivity contribution in [3.05, 3.63) is 83.2 Å². The summed E-state index contributed by atoms with van der Waals surface area (Å²) in [7, 11) is 0. The van der Waals surface area contributed by atoms with Crippen LogP contribution < -0.4 is 4.74 Å². The molecule has 2 aromatic carbocycles. The van der Waals surface area contributed by atoms with Crippen LogP contribution >= 0.6 is 0 Å². The van der Waals surface area contributed by atoms with Gasteiger partial charge in [-0.05, 0) is 49.6 Å². The largest absolute Gasteiger partial charge is 0.489 e. The van der Waals surface area contributed by atoms with E-state index in [0.717, 1.165) is 36.7 Å². The molecule has 4 heteroatoms. The highest BCUT2D eigenvalue weighted by molar-refractivity contribution is 5.28. The van der Waals surface area contributed by atoms with Gasteiger partial charge < -0.3 is 9.26 Å². The summed E-state index contributed by atoms with van der Waals surface area (Å²) in [5.74, 6) is 1.89. The molecule has 2 heterocycles. The molecular formula is C22H24N2O2. The lowest BCUT2D eigenvalue weighted by molar-refractivity contribution is 0.206. The second kappa shape index (κ2) is 7.75. The lowest BCUT2D eigenvalue weighted by atomic mass is 10.1. The summed E-state index contributed by atoms with van der Waals surface area (Å²) in [6.07, 6.45) is 2.33. The average molecular weight is 348 g/mol. The van der Waals surface area contributed by atoms with E-state index in [1.54, 1.807) is 0 Å². The lowest BCUT2D eigenvalue weighted by Crippen LogP contribution is -2.22. The van der Waals surface area contributed by atoms with Crippen molar-refractivity contribution in [1.82, 2.24) is 10.1 Å². The molecule has 0 saturated carbocycles. The Balaban J connectivity index is 1.36. The highest BCUT2D eigenvalue weighted by Gasteiger charge is 2.28. The second-order valence-corrected chi connectivity index (χ2v) is 6.92. The quantitative estimate of drug-likeness (QED) is 0.635. The van der Waals surface area contributed by atoms with E-state index in [1.807, 2.05) is 25.1 Å². The third kappa shape index (κ3) is 3.97. The summed E-state index contributed by atoms with van der Waals surface area (Å²) in [5.41, 5.74) is 3.42. The fraction of sp³-hybridized carbons (Fsp3) is 0.318. The van der Waals surface area contributed by atoms with Gasteiger partial charge in [-0.15, -0.1) is 0 Å². The number of benzene rings is 2. The molecule has 0 amide bonds. The number of aromatic nitrogens is 1. The predicted octanol–water partition coefficient (Wildman–Crippen LogP) is 4.90. The smallest absolute Gasteiger partial charge is 0.154 e. The molecule has 1 aromatic heterocycles. The molecule has 4 rings (SSSR count). The fourth-order valence-corrected chi connectivity index (χ4v) is 3.54. The maximum absolute atomic E-state index is 5.87. The molecule has 1 unspecified atom stereocenters. The van der Waals surface area contributed by atoms with Gasteiger partial charge in [0.05, 0.1) is 11.7 Å². The standard InChI is InChI=1S/C22H24N2O2/c1-17-14-22(26-23-17)21-8-5-13-24(21)15-18-9-11-20(12-10-18)25-16-19-6-3-2-4-7-19/h2-4,6-7,9-12,14,21H,5,8,13,15-16H2,1H3. The van der Waals surface area contributed by atoms with Gasteiger partial charge in [0.2, 0.25) is 0 Å². The van der Waals surface area contributed by atoms with Crippen molar-refractivity contribution in [3.8, 4) is 5.75 Å². The first-order valence-electron chi connectivity index (χ1n) is 9.21. The van der Waals surface area contributed by atoms with Crippen LogP contribution in [0.3, 0.4) is 0 Å². The Morgan fingerprint density at radius 1 is 1.08 bits per heavy atom. The van der Waals surface area contributed by atoms with E-state index in [9.17, 15) is 0 Å². The van der Waals surface area contributed by atoms with Gasteiger partial charge in [-0.2, -0.15) is 0 Å². The molecule has 0 spiro atoms. The Morgan fingerprint density at radius 2 is 1.88 bits per heavy atom. The molecule has 0 bridgehead atoms. The summed E-state index contributed by atoms with van der Waals surface area (Å²) in [6, 6.07) is 21.1. The normalized spacial score (nSPS) is 17.5. The first kappa shape index (κ1) is 16.9. The maximum atomic E-state index is 5.87. The van der Waals surface area contributed by atoms with Crippen molar-refractivity contribution in [2.24, 2.45) is 0 Å². The summed E-state index contributed by atoms with van der Waals surface area (Å²) in [5, 5.41) is 4.04. The van der Waals surface area contributed by atoms with Crippen molar-refractivity contribution in [2.75, 3.05) is 6.54 Å². The van der Waals surface area contributed by atoms with Crippen LogP contribution in [0.5, 0.6) is 5.75 Å². The van der Waals surface area contributed by atoms with Crippen molar-refractivity contribution in [3.63, 3.8) is 0 Å². The van der Waals surface area contributed by atoms with E-state index in [2.05, 4.69) is 52.5 Å². The van der Waals surface area contributed by atoms with Gasteiger partial charge in [-0.1, -0.05) is 47.6 Å². The SMILES string of the molecule is Cc1cc(C2CCCN2Cc2ccc(OCc3ccccc3)cc2)on1. The minimum absolute atomic E-state index is 0.338. The van der Waals surface area contributed by atoms with Crippen molar-refractivity contribution in [2.45, 2.75) is 39.0 Å². The molecule has 1 atom stereocenters. The van der Waals surface area contributed by atoms with E-state index in [-0.39, 0.29) is 0 Å². The molecule has 0 aliphatic carbocycles. The Kier molecular flexibility index (Phi) is 5.02. The van der Waals surface area contributed by atoms with Gasteiger partial charge in [0.1, 0.15) is 12.4 Å². The fourth-order valence-electron chi connectivity index (χ4n) is 3.54. The average Bonchev–Trinajstić information content (AvgIpc) is 3.31. The van der Waals surface area contributed by atoms with Crippen LogP contribution in [0.1, 0.15) is 41.5 Å². The molecular weight excluding hydrogens is 324 g/mol. The molecule has 1 aliphatic rings. The zero-order chi connectivity index (χ0) is 17.8. The molecule has 1 saturated heterocycles. The molecule has 1 aliphatic heterocycles. The summed E-state index contributed by atoms with van der Waals surface area (Å²) < 4.78 is 11.4. The van der Waals surface area contributed by atoms with Gasteiger partial charge in [-0.3, -0.25) is 4.90 Å². The molecule has 0 N–H and O–H groups in total. The number of nitrogens with zero attached hydrogens (tertiary/aromatic N) is 2.